The van der Waals surface area contributed by atoms with E-state index >= 15 is 0 Å². The van der Waals surface area contributed by atoms with Gasteiger partial charge in [0.15, 0.2) is 0 Å². The first kappa shape index (κ1) is 12.8. The predicted octanol–water partition coefficient (Wildman–Crippen LogP) is 2.11. The van der Waals surface area contributed by atoms with E-state index in [1.807, 2.05) is 6.92 Å². The van der Waals surface area contributed by atoms with Crippen LogP contribution < -0.4 is 0 Å². The van der Waals surface area contributed by atoms with Crippen molar-refractivity contribution in [2.75, 3.05) is 0 Å². The Morgan fingerprint density at radius 3 is 2.38 bits per heavy atom. The summed E-state index contributed by atoms with van der Waals surface area (Å²) in [7, 11) is -3.74. The summed E-state index contributed by atoms with van der Waals surface area (Å²) < 4.78 is 28.4. The van der Waals surface area contributed by atoms with Crippen LogP contribution in [-0.2, 0) is 14.3 Å². The first-order valence-corrected chi connectivity index (χ1v) is 6.36. The van der Waals surface area contributed by atoms with Crippen LogP contribution in [0.25, 0.3) is 0 Å². The van der Waals surface area contributed by atoms with Gasteiger partial charge in [0.25, 0.3) is 10.1 Å². The second kappa shape index (κ2) is 5.15. The maximum Gasteiger partial charge on any atom is 0.298 e. The zero-order chi connectivity index (χ0) is 12.2. The monoisotopic (exact) mass is 238 g/mol. The van der Waals surface area contributed by atoms with Gasteiger partial charge in [-0.05, 0) is 25.5 Å². The van der Waals surface area contributed by atoms with Crippen molar-refractivity contribution in [2.24, 2.45) is 0 Å². The highest BCUT2D eigenvalue weighted by molar-refractivity contribution is 7.86. The van der Waals surface area contributed by atoms with Gasteiger partial charge in [0.2, 0.25) is 0 Å². The molecule has 3 nitrogen and oxygen atoms in total. The molecule has 4 heteroatoms. The quantitative estimate of drug-likeness (QED) is 0.596. The van der Waals surface area contributed by atoms with Crippen LogP contribution in [0.3, 0.4) is 0 Å². The van der Waals surface area contributed by atoms with E-state index in [9.17, 15) is 8.42 Å². The van der Waals surface area contributed by atoms with Crippen molar-refractivity contribution in [1.82, 2.24) is 0 Å². The van der Waals surface area contributed by atoms with Crippen molar-refractivity contribution in [3.05, 3.63) is 29.8 Å². The topological polar surface area (TPSA) is 43.4 Å². The van der Waals surface area contributed by atoms with Gasteiger partial charge < -0.3 is 0 Å². The Hall–Kier alpha value is -1.31. The lowest BCUT2D eigenvalue weighted by molar-refractivity contribution is 0.260. The van der Waals surface area contributed by atoms with Crippen LogP contribution >= 0.6 is 0 Å². The molecule has 0 fully saturated rings. The van der Waals surface area contributed by atoms with Crippen LogP contribution in [0, 0.1) is 19.3 Å². The fraction of sp³-hybridized carbons (Fsp3) is 0.333. The van der Waals surface area contributed by atoms with Crippen molar-refractivity contribution in [3.63, 3.8) is 0 Å². The molecule has 1 unspecified atom stereocenters. The maximum atomic E-state index is 11.8. The molecule has 0 amide bonds. The van der Waals surface area contributed by atoms with Crippen molar-refractivity contribution in [1.29, 1.82) is 0 Å². The van der Waals surface area contributed by atoms with Crippen molar-refractivity contribution < 1.29 is 12.6 Å². The summed E-state index contributed by atoms with van der Waals surface area (Å²) in [5.74, 6) is 2.29. The molecular formula is C12H14O3S. The third kappa shape index (κ3) is 3.09. The first-order chi connectivity index (χ1) is 7.49. The SMILES string of the molecule is C#CC(CC)OS(=O)(=O)c1ccc(C)cc1. The summed E-state index contributed by atoms with van der Waals surface area (Å²) in [6.07, 6.45) is 4.91. The van der Waals surface area contributed by atoms with Crippen LogP contribution in [0.15, 0.2) is 29.2 Å². The average molecular weight is 238 g/mol. The van der Waals surface area contributed by atoms with Gasteiger partial charge in [-0.3, -0.25) is 0 Å². The molecule has 0 saturated heterocycles. The van der Waals surface area contributed by atoms with Crippen LogP contribution in [0.5, 0.6) is 0 Å². The molecule has 1 atom stereocenters. The second-order valence-corrected chi connectivity index (χ2v) is 5.00. The van der Waals surface area contributed by atoms with E-state index in [-0.39, 0.29) is 4.90 Å². The summed E-state index contributed by atoms with van der Waals surface area (Å²) >= 11 is 0. The largest absolute Gasteiger partial charge is 0.298 e. The van der Waals surface area contributed by atoms with Crippen LogP contribution in [-0.4, -0.2) is 14.5 Å². The highest BCUT2D eigenvalue weighted by atomic mass is 32.2. The number of hydrogen-bond donors (Lipinski definition) is 0. The molecule has 0 N–H and O–H groups in total. The molecule has 0 bridgehead atoms. The van der Waals surface area contributed by atoms with Crippen LogP contribution in [0.4, 0.5) is 0 Å². The average Bonchev–Trinajstić information content (AvgIpc) is 2.26. The Bertz CT molecular complexity index is 480. The predicted molar refractivity (Wildman–Crippen MR) is 62.4 cm³/mol. The second-order valence-electron chi connectivity index (χ2n) is 3.43. The molecule has 16 heavy (non-hydrogen) atoms. The van der Waals surface area contributed by atoms with E-state index in [0.717, 1.165) is 5.56 Å². The standard InChI is InChI=1S/C12H14O3S/c1-4-11(5-2)15-16(13,14)12-8-6-10(3)7-9-12/h1,6-9,11H,5H2,2-3H3. The zero-order valence-corrected chi connectivity index (χ0v) is 10.1. The lowest BCUT2D eigenvalue weighted by Crippen LogP contribution is -2.16. The molecular weight excluding hydrogens is 224 g/mol. The number of terminal acetylenes is 1. The van der Waals surface area contributed by atoms with E-state index in [0.29, 0.717) is 6.42 Å². The molecule has 86 valence electrons. The lowest BCUT2D eigenvalue weighted by atomic mass is 10.2. The number of aryl methyl sites for hydroxylation is 1. The number of hydrogen-bond acceptors (Lipinski definition) is 3. The van der Waals surface area contributed by atoms with E-state index < -0.39 is 16.2 Å². The highest BCUT2D eigenvalue weighted by Crippen LogP contribution is 2.15. The Morgan fingerprint density at radius 2 is 1.94 bits per heavy atom. The van der Waals surface area contributed by atoms with E-state index in [2.05, 4.69) is 5.92 Å². The van der Waals surface area contributed by atoms with Gasteiger partial charge in [-0.1, -0.05) is 30.5 Å². The van der Waals surface area contributed by atoms with E-state index in [1.54, 1.807) is 19.1 Å². The van der Waals surface area contributed by atoms with Gasteiger partial charge in [0.05, 0.1) is 4.90 Å². The minimum Gasteiger partial charge on any atom is -0.250 e. The molecule has 1 aromatic carbocycles. The molecule has 0 spiro atoms. The molecule has 0 aliphatic carbocycles. The normalized spacial score (nSPS) is 13.1. The fourth-order valence-electron chi connectivity index (χ4n) is 1.13. The minimum absolute atomic E-state index is 0.131. The molecule has 1 rings (SSSR count). The summed E-state index contributed by atoms with van der Waals surface area (Å²) in [4.78, 5) is 0.131. The molecule has 1 aromatic rings. The third-order valence-corrected chi connectivity index (χ3v) is 3.44. The minimum atomic E-state index is -3.74. The van der Waals surface area contributed by atoms with Gasteiger partial charge in [-0.2, -0.15) is 8.42 Å². The van der Waals surface area contributed by atoms with E-state index in [4.69, 9.17) is 10.6 Å². The van der Waals surface area contributed by atoms with Gasteiger partial charge in [-0.25, -0.2) is 4.18 Å². The van der Waals surface area contributed by atoms with Crippen LogP contribution in [0.1, 0.15) is 18.9 Å². The van der Waals surface area contributed by atoms with Gasteiger partial charge in [0.1, 0.15) is 6.10 Å². The van der Waals surface area contributed by atoms with Gasteiger partial charge in [-0.15, -0.1) is 6.42 Å². The smallest absolute Gasteiger partial charge is 0.250 e. The molecule has 0 heterocycles. The fourth-order valence-corrected chi connectivity index (χ4v) is 2.21. The number of benzene rings is 1. The highest BCUT2D eigenvalue weighted by Gasteiger charge is 2.18. The Labute approximate surface area is 96.6 Å². The Morgan fingerprint density at radius 1 is 1.38 bits per heavy atom. The van der Waals surface area contributed by atoms with Gasteiger partial charge in [0, 0.05) is 0 Å². The van der Waals surface area contributed by atoms with Crippen LogP contribution in [0.2, 0.25) is 0 Å². The summed E-state index contributed by atoms with van der Waals surface area (Å²) in [5, 5.41) is 0. The lowest BCUT2D eigenvalue weighted by Gasteiger charge is -2.10. The molecule has 0 saturated carbocycles. The molecule has 0 radical (unpaired) electrons. The van der Waals surface area contributed by atoms with E-state index in [1.165, 1.54) is 12.1 Å². The van der Waals surface area contributed by atoms with Crippen molar-refractivity contribution in [3.8, 4) is 12.3 Å². The summed E-state index contributed by atoms with van der Waals surface area (Å²) in [6.45, 7) is 3.66. The first-order valence-electron chi connectivity index (χ1n) is 4.95. The molecule has 0 aliphatic rings. The summed E-state index contributed by atoms with van der Waals surface area (Å²) in [5.41, 5.74) is 0.989. The van der Waals surface area contributed by atoms with Gasteiger partial charge >= 0.3 is 0 Å². The van der Waals surface area contributed by atoms with Crippen molar-refractivity contribution >= 4 is 10.1 Å². The Balaban J connectivity index is 2.95. The maximum absolute atomic E-state index is 11.8. The molecule has 0 aliphatic heterocycles. The molecule has 0 aromatic heterocycles. The summed E-state index contributed by atoms with van der Waals surface area (Å²) in [6, 6.07) is 6.45. The third-order valence-electron chi connectivity index (χ3n) is 2.11. The number of rotatable bonds is 4. The van der Waals surface area contributed by atoms with Crippen molar-refractivity contribution in [2.45, 2.75) is 31.3 Å². The Kier molecular flexibility index (Phi) is 4.11. The zero-order valence-electron chi connectivity index (χ0n) is 9.30.